The zero-order valence-corrected chi connectivity index (χ0v) is 19.0. The van der Waals surface area contributed by atoms with Gasteiger partial charge in [-0.25, -0.2) is 31.7 Å². The molecule has 0 bridgehead atoms. The van der Waals surface area contributed by atoms with Gasteiger partial charge in [-0.15, -0.1) is 10.2 Å². The Morgan fingerprint density at radius 3 is 2.73 bits per heavy atom. The van der Waals surface area contributed by atoms with E-state index in [4.69, 9.17) is 5.14 Å². The maximum Gasteiger partial charge on any atom is 0.243 e. The summed E-state index contributed by atoms with van der Waals surface area (Å²) in [4.78, 5) is 5.05. The van der Waals surface area contributed by atoms with Crippen LogP contribution >= 0.6 is 0 Å². The average Bonchev–Trinajstić information content (AvgIpc) is 3.53. The molecule has 5 N–H and O–H groups in total. The lowest BCUT2D eigenvalue weighted by atomic mass is 10.1. The van der Waals surface area contributed by atoms with Crippen molar-refractivity contribution in [3.05, 3.63) is 30.4 Å². The Morgan fingerprint density at radius 2 is 2.03 bits per heavy atom. The summed E-state index contributed by atoms with van der Waals surface area (Å²) in [5.41, 5.74) is 1.39. The zero-order chi connectivity index (χ0) is 23.2. The predicted octanol–water partition coefficient (Wildman–Crippen LogP) is -1.63. The van der Waals surface area contributed by atoms with Gasteiger partial charge in [-0.05, 0) is 30.3 Å². The second-order valence-corrected chi connectivity index (χ2v) is 11.1. The summed E-state index contributed by atoms with van der Waals surface area (Å²) in [6.45, 7) is 2.65. The number of nitrogens with zero attached hydrogens (tertiary/aromatic N) is 6. The number of tetrazole rings is 1. The molecule has 5 rings (SSSR count). The van der Waals surface area contributed by atoms with Gasteiger partial charge in [0, 0.05) is 37.6 Å². The molecule has 176 valence electrons. The summed E-state index contributed by atoms with van der Waals surface area (Å²) in [6.07, 6.45) is 4.02. The van der Waals surface area contributed by atoms with Gasteiger partial charge < -0.3 is 14.8 Å². The molecule has 0 saturated carbocycles. The van der Waals surface area contributed by atoms with Gasteiger partial charge in [-0.3, -0.25) is 0 Å². The number of benzene rings is 1. The van der Waals surface area contributed by atoms with Gasteiger partial charge in [0.15, 0.2) is 0 Å². The lowest BCUT2D eigenvalue weighted by Gasteiger charge is -2.32. The van der Waals surface area contributed by atoms with E-state index >= 15 is 0 Å². The topological polar surface area (TPSA) is 194 Å². The molecule has 0 radical (unpaired) electrons. The lowest BCUT2D eigenvalue weighted by molar-refractivity contribution is 0.554. The maximum absolute atomic E-state index is 13.6. The van der Waals surface area contributed by atoms with Crippen molar-refractivity contribution in [3.63, 3.8) is 0 Å². The van der Waals surface area contributed by atoms with Crippen molar-refractivity contribution in [2.45, 2.75) is 35.3 Å². The van der Waals surface area contributed by atoms with Crippen molar-refractivity contribution >= 4 is 25.7 Å². The third-order valence-electron chi connectivity index (χ3n) is 5.73. The fourth-order valence-electron chi connectivity index (χ4n) is 4.21. The summed E-state index contributed by atoms with van der Waals surface area (Å²) in [5, 5.41) is 22.3. The molecular weight excluding hydrogens is 472 g/mol. The van der Waals surface area contributed by atoms with Crippen molar-refractivity contribution in [1.29, 1.82) is 0 Å². The number of sulfonamides is 2. The zero-order valence-electron chi connectivity index (χ0n) is 17.3. The van der Waals surface area contributed by atoms with Crippen molar-refractivity contribution in [1.82, 2.24) is 40.2 Å². The minimum Gasteiger partial charge on any atom is -0.363 e. The van der Waals surface area contributed by atoms with E-state index in [-0.39, 0.29) is 11.4 Å². The van der Waals surface area contributed by atoms with Gasteiger partial charge in [0.05, 0.1) is 24.1 Å². The molecule has 2 aromatic heterocycles. The Labute approximate surface area is 189 Å². The molecule has 1 aromatic carbocycles. The van der Waals surface area contributed by atoms with Gasteiger partial charge in [0.2, 0.25) is 25.9 Å². The summed E-state index contributed by atoms with van der Waals surface area (Å²) in [6, 6.07) is 2.34. The van der Waals surface area contributed by atoms with Crippen LogP contribution in [-0.4, -0.2) is 72.7 Å². The van der Waals surface area contributed by atoms with Crippen molar-refractivity contribution in [3.8, 4) is 11.4 Å². The van der Waals surface area contributed by atoms with Crippen LogP contribution in [0.25, 0.3) is 11.4 Å². The summed E-state index contributed by atoms with van der Waals surface area (Å²) in [7, 11) is -8.74. The van der Waals surface area contributed by atoms with Gasteiger partial charge >= 0.3 is 0 Å². The average molecular weight is 495 g/mol. The van der Waals surface area contributed by atoms with E-state index in [2.05, 4.69) is 35.6 Å². The first-order valence-corrected chi connectivity index (χ1v) is 13.2. The molecule has 2 aliphatic rings. The number of aromatic amines is 1. The van der Waals surface area contributed by atoms with E-state index < -0.39 is 35.9 Å². The molecule has 3 aromatic rings. The highest BCUT2D eigenvalue weighted by atomic mass is 32.2. The predicted molar refractivity (Wildman–Crippen MR) is 116 cm³/mol. The fourth-order valence-corrected chi connectivity index (χ4v) is 7.07. The van der Waals surface area contributed by atoms with Crippen LogP contribution in [0.1, 0.15) is 12.1 Å². The number of fused-ring (bicyclic) bond motifs is 1. The van der Waals surface area contributed by atoms with Gasteiger partial charge in [0.1, 0.15) is 9.79 Å². The van der Waals surface area contributed by atoms with Gasteiger partial charge in [0.25, 0.3) is 0 Å². The number of hydrogen-bond acceptors (Lipinski definition) is 10. The third-order valence-corrected chi connectivity index (χ3v) is 8.42. The largest absolute Gasteiger partial charge is 0.363 e. The van der Waals surface area contributed by atoms with Crippen molar-refractivity contribution < 1.29 is 16.8 Å². The number of primary sulfonamides is 1. The molecule has 0 unspecified atom stereocenters. The minimum absolute atomic E-state index is 0.0155. The van der Waals surface area contributed by atoms with Gasteiger partial charge in [-0.2, -0.15) is 5.21 Å². The molecule has 1 saturated heterocycles. The number of nitrogens with one attached hydrogen (secondary N) is 3. The Hall–Kier alpha value is -2.92. The van der Waals surface area contributed by atoms with E-state index in [1.54, 1.807) is 12.5 Å². The van der Waals surface area contributed by atoms with Crippen molar-refractivity contribution in [2.24, 2.45) is 5.14 Å². The maximum atomic E-state index is 13.6. The second kappa shape index (κ2) is 8.14. The highest BCUT2D eigenvalue weighted by molar-refractivity contribution is 7.92. The van der Waals surface area contributed by atoms with Crippen LogP contribution in [0.4, 0.5) is 5.69 Å². The monoisotopic (exact) mass is 494 g/mol. The second-order valence-electron chi connectivity index (χ2n) is 7.88. The summed E-state index contributed by atoms with van der Waals surface area (Å²) in [5.74, 6) is -0.0560. The summed E-state index contributed by atoms with van der Waals surface area (Å²) >= 11 is 0. The Balaban J connectivity index is 1.72. The number of H-pyrrole nitrogens is 1. The molecule has 2 aliphatic heterocycles. The van der Waals surface area contributed by atoms with Crippen LogP contribution in [0.3, 0.4) is 0 Å². The summed E-state index contributed by atoms with van der Waals surface area (Å²) < 4.78 is 56.7. The number of hydrogen-bond donors (Lipinski definition) is 4. The minimum atomic E-state index is -4.40. The highest BCUT2D eigenvalue weighted by Gasteiger charge is 2.35. The first-order valence-electron chi connectivity index (χ1n) is 10.1. The fraction of sp³-hybridized carbons (Fsp3) is 0.412. The van der Waals surface area contributed by atoms with Gasteiger partial charge in [-0.1, -0.05) is 0 Å². The first kappa shape index (κ1) is 21.9. The molecule has 0 aliphatic carbocycles. The molecule has 16 heteroatoms. The molecule has 0 spiro atoms. The molecule has 1 fully saturated rings. The Bertz CT molecular complexity index is 1380. The number of aromatic nitrogens is 6. The normalized spacial score (nSPS) is 19.1. The Kier molecular flexibility index (Phi) is 5.40. The molecular formula is C17H22N10O4S2. The molecule has 4 heterocycles. The standard InChI is InChI=1S/C17H22N10O4S2/c18-32(28,29)14-2-1-13(26-5-6-27-10-20-8-12(27)9-26)15(17-21-24-25-22-17)16(14)33(30,31)23-11-3-4-19-7-11/h1-2,8,10-11,19,23H,3-7,9H2,(H2,18,28,29)(H,21,22,24,25)/t11-/m1/s1. The lowest BCUT2D eigenvalue weighted by Crippen LogP contribution is -2.38. The van der Waals surface area contributed by atoms with E-state index in [9.17, 15) is 16.8 Å². The Morgan fingerprint density at radius 1 is 1.18 bits per heavy atom. The van der Waals surface area contributed by atoms with E-state index in [0.29, 0.717) is 44.8 Å². The number of imidazole rings is 1. The van der Waals surface area contributed by atoms with Crippen molar-refractivity contribution in [2.75, 3.05) is 24.5 Å². The number of rotatable bonds is 6. The number of nitrogens with two attached hydrogens (primary N) is 1. The van der Waals surface area contributed by atoms with E-state index in [1.807, 2.05) is 9.47 Å². The smallest absolute Gasteiger partial charge is 0.243 e. The molecule has 33 heavy (non-hydrogen) atoms. The highest BCUT2D eigenvalue weighted by Crippen LogP contribution is 2.39. The molecule has 14 nitrogen and oxygen atoms in total. The quantitative estimate of drug-likeness (QED) is 0.309. The third kappa shape index (κ3) is 4.10. The number of anilines is 1. The molecule has 0 amide bonds. The van der Waals surface area contributed by atoms with Crippen LogP contribution in [0.2, 0.25) is 0 Å². The van der Waals surface area contributed by atoms with Crippen LogP contribution in [0.5, 0.6) is 0 Å². The van der Waals surface area contributed by atoms with E-state index in [0.717, 1.165) is 5.69 Å². The molecule has 1 atom stereocenters. The first-order chi connectivity index (χ1) is 15.7. The SMILES string of the molecule is NS(=O)(=O)c1ccc(N2CCn3cncc3C2)c(-c2nn[nH]n2)c1S(=O)(=O)N[C@@H]1CCNC1. The van der Waals surface area contributed by atoms with Crippen LogP contribution in [-0.2, 0) is 33.1 Å². The van der Waals surface area contributed by atoms with Crippen LogP contribution in [0.15, 0.2) is 34.4 Å². The van der Waals surface area contributed by atoms with Crippen LogP contribution in [0, 0.1) is 0 Å². The van der Waals surface area contributed by atoms with Crippen LogP contribution < -0.4 is 20.1 Å². The van der Waals surface area contributed by atoms with E-state index in [1.165, 1.54) is 12.1 Å².